The predicted molar refractivity (Wildman–Crippen MR) is 42.5 cm³/mol. The Morgan fingerprint density at radius 1 is 0.889 bits per heavy atom. The van der Waals surface area contributed by atoms with Gasteiger partial charge in [-0.05, 0) is 0 Å². The van der Waals surface area contributed by atoms with Gasteiger partial charge >= 0.3 is 90.0 Å². The van der Waals surface area contributed by atoms with Crippen LogP contribution in [0.1, 0.15) is 0 Å². The average molecular weight is 208 g/mol. The SMILES string of the molecule is O.O[Si](O)(O)O.[AlH3].[KH].[NaH]. The molecule has 0 heterocycles. The third kappa shape index (κ3) is 93.0. The monoisotopic (exact) mass is 208 g/mol. The molecule has 0 saturated heterocycles. The second-order valence-electron chi connectivity index (χ2n) is 0.600. The topological polar surface area (TPSA) is 112 Å². The van der Waals surface area contributed by atoms with Crippen LogP contribution < -0.4 is 0 Å². The first kappa shape index (κ1) is 29.5. The summed E-state index contributed by atoms with van der Waals surface area (Å²) in [5, 5.41) is 0. The number of hydrogen-bond acceptors (Lipinski definition) is 4. The van der Waals surface area contributed by atoms with E-state index in [4.69, 9.17) is 19.2 Å². The van der Waals surface area contributed by atoms with Crippen LogP contribution in [-0.2, 0) is 0 Å². The van der Waals surface area contributed by atoms with Gasteiger partial charge in [0.1, 0.15) is 0 Å². The van der Waals surface area contributed by atoms with Crippen LogP contribution in [0.5, 0.6) is 0 Å². The zero-order valence-corrected chi connectivity index (χ0v) is 3.79. The normalized spacial score (nSPS) is 6.67. The van der Waals surface area contributed by atoms with E-state index in [0.717, 1.165) is 0 Å². The van der Waals surface area contributed by atoms with E-state index in [9.17, 15) is 0 Å². The zero-order valence-electron chi connectivity index (χ0n) is 2.79. The first-order valence-electron chi connectivity index (χ1n) is 0.894. The van der Waals surface area contributed by atoms with Gasteiger partial charge in [0.25, 0.3) is 0 Å². The van der Waals surface area contributed by atoms with E-state index in [-0.39, 0.29) is 104 Å². The first-order chi connectivity index (χ1) is 2.00. The molecule has 0 atom stereocenters. The molecular formula is H11AlKNaO5Si. The maximum atomic E-state index is 7.33. The third-order valence-corrected chi connectivity index (χ3v) is 0. The molecule has 0 spiro atoms. The van der Waals surface area contributed by atoms with Gasteiger partial charge in [0, 0.05) is 0 Å². The third-order valence-electron chi connectivity index (χ3n) is 0. The van der Waals surface area contributed by atoms with Crippen LogP contribution in [0.4, 0.5) is 0 Å². The van der Waals surface area contributed by atoms with Crippen molar-refractivity contribution in [1.82, 2.24) is 0 Å². The molecule has 9 heteroatoms. The van der Waals surface area contributed by atoms with Gasteiger partial charge in [-0.15, -0.1) is 0 Å². The Bertz CT molecular complexity index is 32.4. The molecule has 0 radical (unpaired) electrons. The van der Waals surface area contributed by atoms with Crippen LogP contribution in [0, 0.1) is 0 Å². The average Bonchev–Trinajstić information content (AvgIpc) is 0.722. The van der Waals surface area contributed by atoms with Gasteiger partial charge in [0.2, 0.25) is 0 Å². The van der Waals surface area contributed by atoms with Crippen LogP contribution in [0.2, 0.25) is 0 Å². The van der Waals surface area contributed by atoms with Crippen molar-refractivity contribution in [3.05, 3.63) is 0 Å². The van der Waals surface area contributed by atoms with Gasteiger partial charge in [-0.3, -0.25) is 0 Å². The summed E-state index contributed by atoms with van der Waals surface area (Å²) in [5.74, 6) is 0. The minimum atomic E-state index is -4.61. The van der Waals surface area contributed by atoms with Gasteiger partial charge in [-0.2, -0.15) is 0 Å². The Kier molecular flexibility index (Phi) is 45.1. The van der Waals surface area contributed by atoms with Crippen molar-refractivity contribution in [2.75, 3.05) is 0 Å². The molecule has 0 aromatic carbocycles. The van der Waals surface area contributed by atoms with Crippen molar-refractivity contribution in [3.8, 4) is 0 Å². The molecule has 50 valence electrons. The summed E-state index contributed by atoms with van der Waals surface area (Å²) in [6.07, 6.45) is 0. The molecule has 6 N–H and O–H groups in total. The summed E-state index contributed by atoms with van der Waals surface area (Å²) in [6, 6.07) is 0. The Balaban J connectivity index is -0.0000000133. The van der Waals surface area contributed by atoms with Crippen LogP contribution in [0.25, 0.3) is 0 Å². The predicted octanol–water partition coefficient (Wildman–Crippen LogP) is -5.91. The zero-order chi connectivity index (χ0) is 4.50. The van der Waals surface area contributed by atoms with Gasteiger partial charge < -0.3 is 24.7 Å². The van der Waals surface area contributed by atoms with E-state index >= 15 is 0 Å². The molecule has 0 fully saturated rings. The van der Waals surface area contributed by atoms with E-state index in [1.807, 2.05) is 0 Å². The van der Waals surface area contributed by atoms with E-state index in [1.54, 1.807) is 0 Å². The molecule has 0 bridgehead atoms. The summed E-state index contributed by atoms with van der Waals surface area (Å²) in [7, 11) is -4.61. The minimum absolute atomic E-state index is 0. The number of rotatable bonds is 0. The molecule has 9 heavy (non-hydrogen) atoms. The molecular weight excluding hydrogens is 197 g/mol. The van der Waals surface area contributed by atoms with E-state index in [0.29, 0.717) is 0 Å². The van der Waals surface area contributed by atoms with Crippen LogP contribution in [0.3, 0.4) is 0 Å². The maximum absolute atomic E-state index is 7.33. The van der Waals surface area contributed by atoms with Gasteiger partial charge in [0.15, 0.2) is 17.4 Å². The second kappa shape index (κ2) is 13.8. The standard InChI is InChI=1S/Al.K.Na.H4O4Si.H2O.5H/c;;;1-5(2,3)4;;;;;;/h;;;1-4H;1H2;;;;;. The van der Waals surface area contributed by atoms with Gasteiger partial charge in [0.05, 0.1) is 0 Å². The summed E-state index contributed by atoms with van der Waals surface area (Å²) in [4.78, 5) is 29.3. The Labute approximate surface area is 129 Å². The molecule has 0 rings (SSSR count). The first-order valence-corrected chi connectivity index (χ1v) is 2.68. The summed E-state index contributed by atoms with van der Waals surface area (Å²) >= 11 is 0. The molecule has 0 saturated carbocycles. The van der Waals surface area contributed by atoms with Crippen molar-refractivity contribution >= 4 is 107 Å². The molecule has 0 aliphatic rings. The summed E-state index contributed by atoms with van der Waals surface area (Å²) in [5.41, 5.74) is 0. The van der Waals surface area contributed by atoms with Crippen LogP contribution in [0.15, 0.2) is 0 Å². The summed E-state index contributed by atoms with van der Waals surface area (Å²) in [6.45, 7) is 0. The fourth-order valence-electron chi connectivity index (χ4n) is 0. The molecule has 0 aliphatic carbocycles. The summed E-state index contributed by atoms with van der Waals surface area (Å²) < 4.78 is 0. The van der Waals surface area contributed by atoms with Gasteiger partial charge in [-0.1, -0.05) is 0 Å². The van der Waals surface area contributed by atoms with E-state index < -0.39 is 9.05 Å². The molecule has 5 nitrogen and oxygen atoms in total. The molecule has 0 aromatic rings. The van der Waals surface area contributed by atoms with Gasteiger partial charge in [-0.25, -0.2) is 0 Å². The molecule has 0 unspecified atom stereocenters. The van der Waals surface area contributed by atoms with Crippen molar-refractivity contribution in [2.45, 2.75) is 0 Å². The fraction of sp³-hybridized carbons (Fsp3) is 0. The Morgan fingerprint density at radius 2 is 0.889 bits per heavy atom. The number of hydrogen-bond donors (Lipinski definition) is 4. The second-order valence-corrected chi connectivity index (χ2v) is 1.80. The van der Waals surface area contributed by atoms with Crippen LogP contribution >= 0.6 is 0 Å². The Hall–Kier alpha value is 3.19. The van der Waals surface area contributed by atoms with Crippen molar-refractivity contribution in [2.24, 2.45) is 0 Å². The van der Waals surface area contributed by atoms with Crippen molar-refractivity contribution in [3.63, 3.8) is 0 Å². The molecule has 0 aromatic heterocycles. The molecule has 0 amide bonds. The quantitative estimate of drug-likeness (QED) is 0.297. The van der Waals surface area contributed by atoms with Crippen molar-refractivity contribution < 1.29 is 24.7 Å². The van der Waals surface area contributed by atoms with E-state index in [1.165, 1.54) is 0 Å². The molecule has 0 aliphatic heterocycles. The van der Waals surface area contributed by atoms with Crippen molar-refractivity contribution in [1.29, 1.82) is 0 Å². The van der Waals surface area contributed by atoms with E-state index in [2.05, 4.69) is 0 Å². The fourth-order valence-corrected chi connectivity index (χ4v) is 0. The van der Waals surface area contributed by atoms with Crippen LogP contribution in [-0.4, -0.2) is 132 Å². The Morgan fingerprint density at radius 3 is 0.889 bits per heavy atom.